The van der Waals surface area contributed by atoms with Gasteiger partial charge in [-0.2, -0.15) is 0 Å². The first-order chi connectivity index (χ1) is 9.04. The summed E-state index contributed by atoms with van der Waals surface area (Å²) in [6, 6.07) is 3.80. The molecule has 0 radical (unpaired) electrons. The summed E-state index contributed by atoms with van der Waals surface area (Å²) in [5, 5.41) is 7.20. The van der Waals surface area contributed by atoms with Gasteiger partial charge in [-0.05, 0) is 12.1 Å². The van der Waals surface area contributed by atoms with Gasteiger partial charge in [0.1, 0.15) is 11.6 Å². The molecule has 1 aromatic carbocycles. The molecule has 0 saturated carbocycles. The van der Waals surface area contributed by atoms with Crippen LogP contribution in [-0.4, -0.2) is 37.5 Å². The lowest BCUT2D eigenvalue weighted by Gasteiger charge is -2.22. The smallest absolute Gasteiger partial charge is 0.130 e. The lowest BCUT2D eigenvalue weighted by Crippen LogP contribution is -2.31. The highest BCUT2D eigenvalue weighted by Gasteiger charge is 2.13. The minimum Gasteiger partial charge on any atom is -0.388 e. The van der Waals surface area contributed by atoms with E-state index in [9.17, 15) is 8.78 Å². The van der Waals surface area contributed by atoms with E-state index in [0.717, 1.165) is 0 Å². The second kappa shape index (κ2) is 7.81. The number of methoxy groups -OCH3 is 1. The lowest BCUT2D eigenvalue weighted by molar-refractivity contribution is 0.144. The van der Waals surface area contributed by atoms with Gasteiger partial charge in [0.25, 0.3) is 0 Å². The molecule has 1 aromatic rings. The van der Waals surface area contributed by atoms with E-state index in [0.29, 0.717) is 26.1 Å². The van der Waals surface area contributed by atoms with Crippen molar-refractivity contribution in [3.8, 4) is 0 Å². The van der Waals surface area contributed by atoms with Gasteiger partial charge in [0.2, 0.25) is 0 Å². The zero-order valence-electron chi connectivity index (χ0n) is 11.0. The average molecular weight is 271 g/mol. The minimum atomic E-state index is -0.565. The molecule has 0 saturated heterocycles. The van der Waals surface area contributed by atoms with Gasteiger partial charge < -0.3 is 10.5 Å². The molecule has 0 atom stereocenters. The fraction of sp³-hybridized carbons (Fsp3) is 0.462. The summed E-state index contributed by atoms with van der Waals surface area (Å²) >= 11 is 0. The Balaban J connectivity index is 2.72. The fourth-order valence-electron chi connectivity index (χ4n) is 1.68. The van der Waals surface area contributed by atoms with Crippen LogP contribution >= 0.6 is 0 Å². The molecule has 0 aliphatic carbocycles. The molecule has 0 aliphatic rings. The van der Waals surface area contributed by atoms with Crippen molar-refractivity contribution in [3.05, 3.63) is 35.4 Å². The predicted octanol–water partition coefficient (Wildman–Crippen LogP) is 1.74. The Morgan fingerprint density at radius 2 is 1.95 bits per heavy atom. The standard InChI is InChI=1S/C13H19F2N3O/c1-19-8-7-18(6-5-13(16)17)9-10-11(14)3-2-4-12(10)15/h2-4H,5-9H2,1H3,(H3,16,17). The molecule has 3 N–H and O–H groups in total. The Hall–Kier alpha value is -1.53. The third-order valence-corrected chi connectivity index (χ3v) is 2.75. The number of nitrogens with two attached hydrogens (primary N) is 1. The number of ether oxygens (including phenoxy) is 1. The minimum absolute atomic E-state index is 0.0298. The van der Waals surface area contributed by atoms with Crippen LogP contribution in [0.2, 0.25) is 0 Å². The highest BCUT2D eigenvalue weighted by molar-refractivity contribution is 5.76. The number of nitrogens with one attached hydrogen (secondary N) is 1. The van der Waals surface area contributed by atoms with Gasteiger partial charge in [-0.25, -0.2) is 8.78 Å². The van der Waals surface area contributed by atoms with Crippen LogP contribution in [0.3, 0.4) is 0 Å². The Morgan fingerprint density at radius 1 is 1.32 bits per heavy atom. The first kappa shape index (κ1) is 15.5. The van der Waals surface area contributed by atoms with E-state index >= 15 is 0 Å². The van der Waals surface area contributed by atoms with Gasteiger partial charge in [0.05, 0.1) is 12.4 Å². The Morgan fingerprint density at radius 3 is 2.47 bits per heavy atom. The number of nitrogens with zero attached hydrogens (tertiary/aromatic N) is 1. The van der Waals surface area contributed by atoms with E-state index in [1.165, 1.54) is 18.2 Å². The summed E-state index contributed by atoms with van der Waals surface area (Å²) in [5.41, 5.74) is 5.33. The second-order valence-corrected chi connectivity index (χ2v) is 4.24. The highest BCUT2D eigenvalue weighted by atomic mass is 19.1. The average Bonchev–Trinajstić information content (AvgIpc) is 2.36. The van der Waals surface area contributed by atoms with Crippen LogP contribution in [0.1, 0.15) is 12.0 Å². The van der Waals surface area contributed by atoms with Crippen molar-refractivity contribution in [1.29, 1.82) is 5.41 Å². The first-order valence-electron chi connectivity index (χ1n) is 6.01. The number of halogens is 2. The van der Waals surface area contributed by atoms with Crippen molar-refractivity contribution in [1.82, 2.24) is 4.90 Å². The normalized spacial score (nSPS) is 10.9. The molecule has 0 fully saturated rings. The van der Waals surface area contributed by atoms with Gasteiger partial charge in [-0.3, -0.25) is 10.3 Å². The zero-order valence-corrected chi connectivity index (χ0v) is 11.0. The van der Waals surface area contributed by atoms with E-state index in [-0.39, 0.29) is 17.9 Å². The highest BCUT2D eigenvalue weighted by Crippen LogP contribution is 2.14. The number of rotatable bonds is 8. The van der Waals surface area contributed by atoms with Gasteiger partial charge in [-0.15, -0.1) is 0 Å². The van der Waals surface area contributed by atoms with E-state index in [1.54, 1.807) is 7.11 Å². The Kier molecular flexibility index (Phi) is 6.38. The number of amidine groups is 1. The summed E-state index contributed by atoms with van der Waals surface area (Å²) < 4.78 is 32.1. The topological polar surface area (TPSA) is 62.3 Å². The second-order valence-electron chi connectivity index (χ2n) is 4.24. The largest absolute Gasteiger partial charge is 0.388 e. The molecule has 0 spiro atoms. The molecule has 4 nitrogen and oxygen atoms in total. The third kappa shape index (κ3) is 5.32. The summed E-state index contributed by atoms with van der Waals surface area (Å²) in [6.07, 6.45) is 0.361. The van der Waals surface area contributed by atoms with Crippen LogP contribution in [0.15, 0.2) is 18.2 Å². The molecular formula is C13H19F2N3O. The lowest BCUT2D eigenvalue weighted by atomic mass is 10.1. The van der Waals surface area contributed by atoms with E-state index in [1.807, 2.05) is 4.90 Å². The van der Waals surface area contributed by atoms with E-state index in [4.69, 9.17) is 15.9 Å². The van der Waals surface area contributed by atoms with Crippen LogP contribution in [0.4, 0.5) is 8.78 Å². The van der Waals surface area contributed by atoms with Crippen molar-refractivity contribution in [2.45, 2.75) is 13.0 Å². The number of hydrogen-bond donors (Lipinski definition) is 2. The van der Waals surface area contributed by atoms with E-state index < -0.39 is 11.6 Å². The number of hydrogen-bond acceptors (Lipinski definition) is 3. The monoisotopic (exact) mass is 271 g/mol. The van der Waals surface area contributed by atoms with Gasteiger partial charge in [0.15, 0.2) is 0 Å². The van der Waals surface area contributed by atoms with Gasteiger partial charge in [0, 0.05) is 38.7 Å². The van der Waals surface area contributed by atoms with Crippen molar-refractivity contribution in [3.63, 3.8) is 0 Å². The Labute approximate surface area is 111 Å². The molecule has 19 heavy (non-hydrogen) atoms. The molecule has 1 rings (SSSR count). The van der Waals surface area contributed by atoms with Crippen LogP contribution in [-0.2, 0) is 11.3 Å². The third-order valence-electron chi connectivity index (χ3n) is 2.75. The molecule has 0 aromatic heterocycles. The Bertz CT molecular complexity index is 406. The molecule has 6 heteroatoms. The van der Waals surface area contributed by atoms with Crippen LogP contribution < -0.4 is 5.73 Å². The molecule has 0 amide bonds. The predicted molar refractivity (Wildman–Crippen MR) is 70.0 cm³/mol. The summed E-state index contributed by atoms with van der Waals surface area (Å²) in [6.45, 7) is 1.58. The van der Waals surface area contributed by atoms with Crippen molar-refractivity contribution in [2.24, 2.45) is 5.73 Å². The molecule has 0 bridgehead atoms. The maximum atomic E-state index is 13.6. The SMILES string of the molecule is COCCN(CCC(=N)N)Cc1c(F)cccc1F. The van der Waals surface area contributed by atoms with Crippen LogP contribution in [0.25, 0.3) is 0 Å². The van der Waals surface area contributed by atoms with Gasteiger partial charge >= 0.3 is 0 Å². The number of benzene rings is 1. The maximum Gasteiger partial charge on any atom is 0.130 e. The molecule has 0 heterocycles. The molecule has 0 unspecified atom stereocenters. The van der Waals surface area contributed by atoms with Crippen molar-refractivity contribution >= 4 is 5.84 Å². The van der Waals surface area contributed by atoms with Crippen molar-refractivity contribution in [2.75, 3.05) is 26.8 Å². The zero-order chi connectivity index (χ0) is 14.3. The van der Waals surface area contributed by atoms with Crippen LogP contribution in [0.5, 0.6) is 0 Å². The molecule has 0 aliphatic heterocycles. The molecular weight excluding hydrogens is 252 g/mol. The fourth-order valence-corrected chi connectivity index (χ4v) is 1.68. The maximum absolute atomic E-state index is 13.6. The summed E-state index contributed by atoms with van der Waals surface area (Å²) in [7, 11) is 1.56. The first-order valence-corrected chi connectivity index (χ1v) is 6.01. The molecule has 106 valence electrons. The quantitative estimate of drug-likeness (QED) is 0.559. The summed E-state index contributed by atoms with van der Waals surface area (Å²) in [5.74, 6) is -1.08. The van der Waals surface area contributed by atoms with Crippen LogP contribution in [0, 0.1) is 17.0 Å². The van der Waals surface area contributed by atoms with Crippen molar-refractivity contribution < 1.29 is 13.5 Å². The summed E-state index contributed by atoms with van der Waals surface area (Å²) in [4.78, 5) is 1.81. The van der Waals surface area contributed by atoms with E-state index in [2.05, 4.69) is 0 Å². The van der Waals surface area contributed by atoms with Gasteiger partial charge in [-0.1, -0.05) is 6.07 Å².